The number of aromatic hydroxyl groups is 1. The third-order valence-corrected chi connectivity index (χ3v) is 1.97. The van der Waals surface area contributed by atoms with Crippen molar-refractivity contribution < 1.29 is 19.4 Å². The van der Waals surface area contributed by atoms with Crippen LogP contribution in [0.4, 0.5) is 0 Å². The number of esters is 1. The van der Waals surface area contributed by atoms with Gasteiger partial charge < -0.3 is 14.6 Å². The molecule has 1 unspecified atom stereocenters. The van der Waals surface area contributed by atoms with E-state index >= 15 is 0 Å². The third kappa shape index (κ3) is 3.90. The summed E-state index contributed by atoms with van der Waals surface area (Å²) in [5.41, 5.74) is 0.418. The highest BCUT2D eigenvalue weighted by atomic mass is 16.6. The van der Waals surface area contributed by atoms with Crippen molar-refractivity contribution in [2.24, 2.45) is 0 Å². The number of phenols is 1. The monoisotopic (exact) mass is 224 g/mol. The second-order valence-corrected chi connectivity index (χ2v) is 3.42. The van der Waals surface area contributed by atoms with Gasteiger partial charge in [0.15, 0.2) is 0 Å². The first-order valence-electron chi connectivity index (χ1n) is 5.21. The second-order valence-electron chi connectivity index (χ2n) is 3.42. The van der Waals surface area contributed by atoms with Crippen LogP contribution in [0.3, 0.4) is 0 Å². The van der Waals surface area contributed by atoms with Crippen molar-refractivity contribution >= 4 is 5.97 Å². The van der Waals surface area contributed by atoms with Crippen LogP contribution < -0.4 is 0 Å². The molecular formula is C12H16O4. The largest absolute Gasteiger partial charge is 0.508 e. The molecule has 0 saturated carbocycles. The van der Waals surface area contributed by atoms with Gasteiger partial charge in [-0.15, -0.1) is 0 Å². The number of hydrogen-bond acceptors (Lipinski definition) is 4. The second kappa shape index (κ2) is 6.12. The molecule has 0 aromatic heterocycles. The molecule has 16 heavy (non-hydrogen) atoms. The summed E-state index contributed by atoms with van der Waals surface area (Å²) in [6.07, 6.45) is -0.277. The number of carbonyl (C=O) groups excluding carboxylic acids is 1. The van der Waals surface area contributed by atoms with Crippen LogP contribution in [0.1, 0.15) is 24.2 Å². The van der Waals surface area contributed by atoms with Gasteiger partial charge >= 0.3 is 5.97 Å². The van der Waals surface area contributed by atoms with Crippen molar-refractivity contribution in [2.45, 2.75) is 20.0 Å². The summed E-state index contributed by atoms with van der Waals surface area (Å²) in [6.45, 7) is 4.64. The molecule has 1 rings (SSSR count). The van der Waals surface area contributed by atoms with E-state index in [1.54, 1.807) is 6.92 Å². The Bertz CT molecular complexity index is 331. The minimum atomic E-state index is -0.410. The molecule has 0 bridgehead atoms. The summed E-state index contributed by atoms with van der Waals surface area (Å²) >= 11 is 0. The van der Waals surface area contributed by atoms with E-state index in [2.05, 4.69) is 0 Å². The maximum Gasteiger partial charge on any atom is 0.338 e. The van der Waals surface area contributed by atoms with Crippen molar-refractivity contribution in [3.8, 4) is 5.75 Å². The van der Waals surface area contributed by atoms with Crippen LogP contribution in [-0.4, -0.2) is 30.4 Å². The van der Waals surface area contributed by atoms with Gasteiger partial charge in [0.2, 0.25) is 0 Å². The van der Waals surface area contributed by atoms with Crippen LogP contribution in [0.15, 0.2) is 24.3 Å². The van der Waals surface area contributed by atoms with Gasteiger partial charge in [-0.1, -0.05) is 0 Å². The highest BCUT2D eigenvalue weighted by molar-refractivity contribution is 5.89. The number of benzene rings is 1. The molecular weight excluding hydrogens is 208 g/mol. The molecule has 0 aliphatic carbocycles. The van der Waals surface area contributed by atoms with E-state index < -0.39 is 5.97 Å². The summed E-state index contributed by atoms with van der Waals surface area (Å²) in [5, 5.41) is 9.06. The predicted molar refractivity (Wildman–Crippen MR) is 59.5 cm³/mol. The molecule has 4 nitrogen and oxygen atoms in total. The number of ether oxygens (including phenoxy) is 2. The molecule has 1 atom stereocenters. The molecule has 4 heteroatoms. The summed E-state index contributed by atoms with van der Waals surface area (Å²) < 4.78 is 10.3. The van der Waals surface area contributed by atoms with Crippen molar-refractivity contribution in [1.29, 1.82) is 0 Å². The zero-order valence-electron chi connectivity index (χ0n) is 9.47. The fourth-order valence-electron chi connectivity index (χ4n) is 1.17. The van der Waals surface area contributed by atoms with E-state index in [0.717, 1.165) is 0 Å². The van der Waals surface area contributed by atoms with E-state index in [-0.39, 0.29) is 11.9 Å². The van der Waals surface area contributed by atoms with E-state index in [1.807, 2.05) is 6.92 Å². The van der Waals surface area contributed by atoms with Crippen LogP contribution in [0.25, 0.3) is 0 Å². The molecule has 1 N–H and O–H groups in total. The molecule has 0 aliphatic heterocycles. The molecule has 1 aromatic rings. The lowest BCUT2D eigenvalue weighted by Gasteiger charge is -2.12. The van der Waals surface area contributed by atoms with E-state index in [0.29, 0.717) is 18.8 Å². The van der Waals surface area contributed by atoms with Gasteiger partial charge in [-0.25, -0.2) is 4.79 Å². The van der Waals surface area contributed by atoms with E-state index in [9.17, 15) is 4.79 Å². The molecule has 0 saturated heterocycles. The molecule has 1 aromatic carbocycles. The highest BCUT2D eigenvalue weighted by Crippen LogP contribution is 2.11. The van der Waals surface area contributed by atoms with Crippen LogP contribution in [-0.2, 0) is 9.47 Å². The average molecular weight is 224 g/mol. The van der Waals surface area contributed by atoms with Crippen molar-refractivity contribution in [3.05, 3.63) is 29.8 Å². The Morgan fingerprint density at radius 1 is 1.38 bits per heavy atom. The Labute approximate surface area is 94.8 Å². The summed E-state index contributed by atoms with van der Waals surface area (Å²) in [6, 6.07) is 5.93. The first-order valence-corrected chi connectivity index (χ1v) is 5.21. The van der Waals surface area contributed by atoms with Gasteiger partial charge in [-0.05, 0) is 38.1 Å². The quantitative estimate of drug-likeness (QED) is 0.777. The summed E-state index contributed by atoms with van der Waals surface area (Å²) in [5.74, 6) is -0.286. The normalized spacial score (nSPS) is 12.1. The molecule has 88 valence electrons. The molecule has 0 spiro atoms. The lowest BCUT2D eigenvalue weighted by molar-refractivity contribution is 0.00439. The number of phenolic OH excluding ortho intramolecular Hbond substituents is 1. The minimum absolute atomic E-state index is 0.124. The van der Waals surface area contributed by atoms with E-state index in [4.69, 9.17) is 14.6 Å². The smallest absolute Gasteiger partial charge is 0.338 e. The predicted octanol–water partition coefficient (Wildman–Crippen LogP) is 1.97. The molecule has 0 amide bonds. The van der Waals surface area contributed by atoms with Crippen LogP contribution >= 0.6 is 0 Å². The average Bonchev–Trinajstić information content (AvgIpc) is 2.27. The number of hydrogen-bond donors (Lipinski definition) is 1. The van der Waals surface area contributed by atoms with Gasteiger partial charge in [0.05, 0.1) is 12.2 Å². The first-order chi connectivity index (χ1) is 7.63. The Balaban J connectivity index is 2.48. The fourth-order valence-corrected chi connectivity index (χ4v) is 1.17. The van der Waals surface area contributed by atoms with Crippen LogP contribution in [0.5, 0.6) is 5.75 Å². The van der Waals surface area contributed by atoms with Crippen molar-refractivity contribution in [1.82, 2.24) is 0 Å². The molecule has 0 heterocycles. The Morgan fingerprint density at radius 2 is 2.00 bits per heavy atom. The molecule has 0 fully saturated rings. The zero-order valence-corrected chi connectivity index (χ0v) is 9.47. The number of rotatable bonds is 5. The summed E-state index contributed by atoms with van der Waals surface area (Å²) in [7, 11) is 0. The van der Waals surface area contributed by atoms with Crippen molar-refractivity contribution in [3.63, 3.8) is 0 Å². The van der Waals surface area contributed by atoms with Crippen LogP contribution in [0, 0.1) is 0 Å². The number of carbonyl (C=O) groups is 1. The Kier molecular flexibility index (Phi) is 4.79. The maximum atomic E-state index is 11.6. The Morgan fingerprint density at radius 3 is 2.56 bits per heavy atom. The van der Waals surface area contributed by atoms with Gasteiger partial charge in [0.1, 0.15) is 11.9 Å². The molecule has 0 aliphatic rings. The molecule has 0 radical (unpaired) electrons. The SMILES string of the molecule is CCOCC(C)OC(=O)c1ccc(O)cc1. The zero-order chi connectivity index (χ0) is 12.0. The van der Waals surface area contributed by atoms with Crippen LogP contribution in [0.2, 0.25) is 0 Å². The highest BCUT2D eigenvalue weighted by Gasteiger charge is 2.11. The topological polar surface area (TPSA) is 55.8 Å². The standard InChI is InChI=1S/C12H16O4/c1-3-15-8-9(2)16-12(14)10-4-6-11(13)7-5-10/h4-7,9,13H,3,8H2,1-2H3. The maximum absolute atomic E-state index is 11.6. The van der Waals surface area contributed by atoms with Crippen molar-refractivity contribution in [2.75, 3.05) is 13.2 Å². The first kappa shape index (κ1) is 12.5. The lowest BCUT2D eigenvalue weighted by Crippen LogP contribution is -2.20. The van der Waals surface area contributed by atoms with Gasteiger partial charge in [-0.3, -0.25) is 0 Å². The lowest BCUT2D eigenvalue weighted by atomic mass is 10.2. The Hall–Kier alpha value is -1.55. The van der Waals surface area contributed by atoms with Gasteiger partial charge in [-0.2, -0.15) is 0 Å². The summed E-state index contributed by atoms with van der Waals surface area (Å²) in [4.78, 5) is 11.6. The minimum Gasteiger partial charge on any atom is -0.508 e. The van der Waals surface area contributed by atoms with E-state index in [1.165, 1.54) is 24.3 Å². The third-order valence-electron chi connectivity index (χ3n) is 1.97. The van der Waals surface area contributed by atoms with Gasteiger partial charge in [0, 0.05) is 6.61 Å². The van der Waals surface area contributed by atoms with Gasteiger partial charge in [0.25, 0.3) is 0 Å². The fraction of sp³-hybridized carbons (Fsp3) is 0.417.